The highest BCUT2D eigenvalue weighted by molar-refractivity contribution is 6.05. The second-order valence-electron chi connectivity index (χ2n) is 1.62. The predicted molar refractivity (Wildman–Crippen MR) is 29.5 cm³/mol. The maximum absolute atomic E-state index is 10.3. The Labute approximate surface area is 46.4 Å². The minimum Gasteiger partial charge on any atom is -0.525 e. The highest BCUT2D eigenvalue weighted by Gasteiger charge is 2.02. The summed E-state index contributed by atoms with van der Waals surface area (Å²) in [6, 6.07) is 0. The van der Waals surface area contributed by atoms with Crippen LogP contribution in [0, 0.1) is 5.92 Å². The van der Waals surface area contributed by atoms with E-state index in [9.17, 15) is 4.79 Å². The first-order chi connectivity index (χ1) is 3.18. The highest BCUT2D eigenvalue weighted by Crippen LogP contribution is 1.91. The molecule has 0 N–H and O–H groups in total. The lowest BCUT2D eigenvalue weighted by Gasteiger charge is -1.98. The SMILES string of the molecule is CC(C)C(=O)O[SiH2]. The first-order valence-electron chi connectivity index (χ1n) is 2.14. The van der Waals surface area contributed by atoms with Gasteiger partial charge in [-0.15, -0.1) is 0 Å². The number of carbonyl (C=O) groups is 1. The Morgan fingerprint density at radius 3 is 2.14 bits per heavy atom. The molecule has 0 aromatic heterocycles. The van der Waals surface area contributed by atoms with E-state index < -0.39 is 0 Å². The van der Waals surface area contributed by atoms with Crippen molar-refractivity contribution >= 4 is 16.5 Å². The van der Waals surface area contributed by atoms with Gasteiger partial charge in [0.1, 0.15) is 0 Å². The number of carbonyl (C=O) groups excluding carboxylic acids is 1. The van der Waals surface area contributed by atoms with Gasteiger partial charge < -0.3 is 4.43 Å². The molecule has 0 atom stereocenters. The number of hydrogen-bond acceptors (Lipinski definition) is 2. The maximum atomic E-state index is 10.3. The molecular weight excluding hydrogens is 108 g/mol. The fourth-order valence-corrected chi connectivity index (χ4v) is 0.500. The van der Waals surface area contributed by atoms with Crippen molar-refractivity contribution in [3.05, 3.63) is 0 Å². The van der Waals surface area contributed by atoms with E-state index in [-0.39, 0.29) is 11.9 Å². The van der Waals surface area contributed by atoms with Gasteiger partial charge in [0.05, 0.1) is 0 Å². The van der Waals surface area contributed by atoms with Gasteiger partial charge >= 0.3 is 0 Å². The molecule has 0 aromatic carbocycles. The van der Waals surface area contributed by atoms with Crippen LogP contribution < -0.4 is 0 Å². The van der Waals surface area contributed by atoms with Crippen LogP contribution in [0.25, 0.3) is 0 Å². The van der Waals surface area contributed by atoms with Gasteiger partial charge in [0.15, 0.2) is 0 Å². The van der Waals surface area contributed by atoms with Gasteiger partial charge in [0, 0.05) is 5.92 Å². The molecule has 2 nitrogen and oxygen atoms in total. The zero-order valence-electron chi connectivity index (χ0n) is 4.60. The van der Waals surface area contributed by atoms with Crippen molar-refractivity contribution in [1.82, 2.24) is 0 Å². The molecule has 0 unspecified atom stereocenters. The lowest BCUT2D eigenvalue weighted by atomic mass is 10.2. The van der Waals surface area contributed by atoms with Crippen LogP contribution >= 0.6 is 0 Å². The van der Waals surface area contributed by atoms with Gasteiger partial charge in [-0.3, -0.25) is 4.79 Å². The van der Waals surface area contributed by atoms with E-state index in [1.807, 2.05) is 0 Å². The first kappa shape index (κ1) is 6.69. The van der Waals surface area contributed by atoms with Crippen molar-refractivity contribution in [2.45, 2.75) is 13.8 Å². The summed E-state index contributed by atoms with van der Waals surface area (Å²) in [6.45, 7) is 3.60. The normalized spacial score (nSPS) is 9.14. The third-order valence-electron chi connectivity index (χ3n) is 0.614. The van der Waals surface area contributed by atoms with Gasteiger partial charge in [-0.2, -0.15) is 0 Å². The minimum absolute atomic E-state index is 0.0116. The van der Waals surface area contributed by atoms with Crippen molar-refractivity contribution in [2.24, 2.45) is 5.92 Å². The molecule has 1 radical (unpaired) electrons. The molecule has 0 saturated heterocycles. The molecule has 0 rings (SSSR count). The Morgan fingerprint density at radius 2 is 2.14 bits per heavy atom. The zero-order valence-corrected chi connectivity index (χ0v) is 6.02. The molecule has 0 bridgehead atoms. The monoisotopic (exact) mass is 117 g/mol. The second kappa shape index (κ2) is 2.79. The van der Waals surface area contributed by atoms with Crippen molar-refractivity contribution in [2.75, 3.05) is 0 Å². The van der Waals surface area contributed by atoms with E-state index in [1.165, 1.54) is 10.5 Å². The van der Waals surface area contributed by atoms with Crippen LogP contribution in [0.5, 0.6) is 0 Å². The largest absolute Gasteiger partial charge is 0.525 e. The molecule has 7 heavy (non-hydrogen) atoms. The topological polar surface area (TPSA) is 26.3 Å². The molecular formula is C4H9O2Si. The molecule has 0 heterocycles. The van der Waals surface area contributed by atoms with Crippen LogP contribution in [0.4, 0.5) is 0 Å². The Bertz CT molecular complexity index is 70.1. The first-order valence-corrected chi connectivity index (χ1v) is 2.72. The molecule has 0 aliphatic heterocycles. The van der Waals surface area contributed by atoms with E-state index in [1.54, 1.807) is 13.8 Å². The maximum Gasteiger partial charge on any atom is 0.294 e. The fourth-order valence-electron chi connectivity index (χ4n) is 0.167. The summed E-state index contributed by atoms with van der Waals surface area (Å²) in [6.07, 6.45) is 0. The Kier molecular flexibility index (Phi) is 2.67. The second-order valence-corrected chi connectivity index (χ2v) is 1.91. The van der Waals surface area contributed by atoms with Crippen LogP contribution in [0.1, 0.15) is 13.8 Å². The van der Waals surface area contributed by atoms with Crippen molar-refractivity contribution < 1.29 is 9.22 Å². The Balaban J connectivity index is 3.35. The average Bonchev–Trinajstić information content (AvgIpc) is 1.65. The van der Waals surface area contributed by atoms with Crippen LogP contribution in [0.15, 0.2) is 0 Å². The summed E-state index contributed by atoms with van der Waals surface area (Å²) in [5.74, 6) is -0.129. The standard InChI is InChI=1S/C4H9O2Si/c1-3(2)4(5)6-7/h3H,7H2,1-2H3. The van der Waals surface area contributed by atoms with Crippen molar-refractivity contribution in [1.29, 1.82) is 0 Å². The van der Waals surface area contributed by atoms with Crippen LogP contribution in [-0.2, 0) is 9.22 Å². The fraction of sp³-hybridized carbons (Fsp3) is 0.750. The quantitative estimate of drug-likeness (QED) is 0.442. The summed E-state index contributed by atoms with van der Waals surface area (Å²) in [7, 11) is 1.22. The van der Waals surface area contributed by atoms with Gasteiger partial charge in [-0.05, 0) is 0 Å². The summed E-state index contributed by atoms with van der Waals surface area (Å²) < 4.78 is 4.40. The van der Waals surface area contributed by atoms with E-state index in [0.29, 0.717) is 0 Å². The average molecular weight is 117 g/mol. The van der Waals surface area contributed by atoms with Gasteiger partial charge in [-0.1, -0.05) is 13.8 Å². The van der Waals surface area contributed by atoms with E-state index >= 15 is 0 Å². The van der Waals surface area contributed by atoms with Crippen LogP contribution in [0.3, 0.4) is 0 Å². The number of hydrogen-bond donors (Lipinski definition) is 0. The molecule has 0 spiro atoms. The van der Waals surface area contributed by atoms with E-state index in [0.717, 1.165) is 0 Å². The molecule has 3 heteroatoms. The van der Waals surface area contributed by atoms with Crippen molar-refractivity contribution in [3.63, 3.8) is 0 Å². The molecule has 0 aromatic rings. The molecule has 0 saturated carbocycles. The Morgan fingerprint density at radius 1 is 1.71 bits per heavy atom. The molecule has 0 amide bonds. The minimum atomic E-state index is -0.140. The van der Waals surface area contributed by atoms with Gasteiger partial charge in [-0.25, -0.2) is 0 Å². The smallest absolute Gasteiger partial charge is 0.294 e. The van der Waals surface area contributed by atoms with Crippen molar-refractivity contribution in [3.8, 4) is 0 Å². The van der Waals surface area contributed by atoms with Gasteiger partial charge in [0.25, 0.3) is 5.97 Å². The van der Waals surface area contributed by atoms with E-state index in [4.69, 9.17) is 0 Å². The van der Waals surface area contributed by atoms with Crippen LogP contribution in [0.2, 0.25) is 0 Å². The van der Waals surface area contributed by atoms with E-state index in [2.05, 4.69) is 4.43 Å². The summed E-state index contributed by atoms with van der Waals surface area (Å²) in [5, 5.41) is 0. The molecule has 0 aliphatic rings. The third kappa shape index (κ3) is 2.39. The predicted octanol–water partition coefficient (Wildman–Crippen LogP) is -0.266. The Hall–Kier alpha value is -0.313. The lowest BCUT2D eigenvalue weighted by Crippen LogP contribution is -2.08. The molecule has 41 valence electrons. The van der Waals surface area contributed by atoms with Crippen LogP contribution in [-0.4, -0.2) is 16.5 Å². The molecule has 0 fully saturated rings. The summed E-state index contributed by atoms with van der Waals surface area (Å²) in [4.78, 5) is 10.3. The lowest BCUT2D eigenvalue weighted by molar-refractivity contribution is -0.137. The molecule has 0 aliphatic carbocycles. The number of rotatable bonds is 1. The summed E-state index contributed by atoms with van der Waals surface area (Å²) in [5.41, 5.74) is 0. The third-order valence-corrected chi connectivity index (χ3v) is 0.898. The van der Waals surface area contributed by atoms with Gasteiger partial charge in [0.2, 0.25) is 10.5 Å². The zero-order chi connectivity index (χ0) is 5.86. The highest BCUT2D eigenvalue weighted by atomic mass is 28.2. The summed E-state index contributed by atoms with van der Waals surface area (Å²) >= 11 is 0.